The highest BCUT2D eigenvalue weighted by molar-refractivity contribution is 5.90. The van der Waals surface area contributed by atoms with Crippen LogP contribution in [0.3, 0.4) is 0 Å². The minimum Gasteiger partial charge on any atom is -0.441 e. The van der Waals surface area contributed by atoms with Crippen molar-refractivity contribution in [1.29, 1.82) is 0 Å². The Labute approximate surface area is 164 Å². The summed E-state index contributed by atoms with van der Waals surface area (Å²) >= 11 is 0. The van der Waals surface area contributed by atoms with E-state index in [-0.39, 0.29) is 13.2 Å². The van der Waals surface area contributed by atoms with Crippen LogP contribution in [-0.4, -0.2) is 62.4 Å². The summed E-state index contributed by atoms with van der Waals surface area (Å²) in [5, 5.41) is 20.4. The second-order valence-electron chi connectivity index (χ2n) is 6.32. The number of anilines is 1. The van der Waals surface area contributed by atoms with Crippen LogP contribution in [0.5, 0.6) is 0 Å². The first kappa shape index (κ1) is 18.9. The molecule has 0 unspecified atom stereocenters. The largest absolute Gasteiger partial charge is 0.441 e. The van der Waals surface area contributed by atoms with Gasteiger partial charge in [0.1, 0.15) is 24.4 Å². The highest BCUT2D eigenvalue weighted by Gasteiger charge is 2.32. The average molecular weight is 400 g/mol. The van der Waals surface area contributed by atoms with E-state index in [4.69, 9.17) is 14.6 Å². The minimum atomic E-state index is -0.592. The van der Waals surface area contributed by atoms with E-state index in [0.29, 0.717) is 28.3 Å². The number of carbonyl (C=O) groups excluding carboxylic acids is 1. The van der Waals surface area contributed by atoms with E-state index in [1.807, 2.05) is 0 Å². The third kappa shape index (κ3) is 3.91. The number of tetrazole rings is 1. The van der Waals surface area contributed by atoms with Crippen LogP contribution in [0.25, 0.3) is 22.6 Å². The summed E-state index contributed by atoms with van der Waals surface area (Å²) in [6.07, 6.45) is 0.408. The van der Waals surface area contributed by atoms with E-state index in [1.54, 1.807) is 31.3 Å². The van der Waals surface area contributed by atoms with E-state index in [1.165, 1.54) is 22.0 Å². The van der Waals surface area contributed by atoms with Gasteiger partial charge in [-0.15, -0.1) is 10.2 Å². The molecule has 1 aliphatic heterocycles. The first-order valence-electron chi connectivity index (χ1n) is 8.72. The van der Waals surface area contributed by atoms with E-state index in [9.17, 15) is 9.18 Å². The predicted molar refractivity (Wildman–Crippen MR) is 98.1 cm³/mol. The predicted octanol–water partition coefficient (Wildman–Crippen LogP) is 1.37. The fourth-order valence-electron chi connectivity index (χ4n) is 2.98. The molecule has 0 bridgehead atoms. The van der Waals surface area contributed by atoms with E-state index in [2.05, 4.69) is 20.4 Å². The minimum absolute atomic E-state index is 0.0674. The summed E-state index contributed by atoms with van der Waals surface area (Å²) in [6, 6.07) is 7.87. The van der Waals surface area contributed by atoms with Crippen molar-refractivity contribution in [3.63, 3.8) is 0 Å². The van der Waals surface area contributed by atoms with Gasteiger partial charge in [0.25, 0.3) is 0 Å². The number of cyclic esters (lactones) is 1. The number of amides is 1. The first-order valence-corrected chi connectivity index (χ1v) is 8.72. The fourth-order valence-corrected chi connectivity index (χ4v) is 2.98. The molecule has 0 radical (unpaired) electrons. The van der Waals surface area contributed by atoms with Crippen molar-refractivity contribution in [3.05, 3.63) is 42.3 Å². The zero-order valence-electron chi connectivity index (χ0n) is 15.4. The van der Waals surface area contributed by atoms with Gasteiger partial charge in [-0.1, -0.05) is 6.07 Å². The normalized spacial score (nSPS) is 16.3. The van der Waals surface area contributed by atoms with Crippen molar-refractivity contribution >= 4 is 11.8 Å². The molecule has 0 saturated carbocycles. The van der Waals surface area contributed by atoms with Crippen LogP contribution in [0, 0.1) is 5.82 Å². The number of ether oxygens (including phenoxy) is 2. The SMILES string of the molecule is Cn1nnc(-c2ccc(-c3ccc(N4C[C@H](COCO)OC4=O)cc3F)cn2)n1. The van der Waals surface area contributed by atoms with Gasteiger partial charge in [0, 0.05) is 17.3 Å². The number of pyridine rings is 1. The number of aromatic nitrogens is 5. The quantitative estimate of drug-likeness (QED) is 0.617. The lowest BCUT2D eigenvalue weighted by Gasteiger charge is -2.14. The molecule has 3 aromatic rings. The topological polar surface area (TPSA) is 115 Å². The van der Waals surface area contributed by atoms with Gasteiger partial charge in [-0.3, -0.25) is 9.88 Å². The molecular formula is C18H17FN6O4. The van der Waals surface area contributed by atoms with Crippen LogP contribution in [0.15, 0.2) is 36.5 Å². The van der Waals surface area contributed by atoms with Crippen LogP contribution in [0.2, 0.25) is 0 Å². The van der Waals surface area contributed by atoms with Crippen LogP contribution in [0.1, 0.15) is 0 Å². The summed E-state index contributed by atoms with van der Waals surface area (Å²) in [5.41, 5.74) is 1.80. The van der Waals surface area contributed by atoms with Gasteiger partial charge in [-0.2, -0.15) is 4.80 Å². The summed E-state index contributed by atoms with van der Waals surface area (Å²) < 4.78 is 24.7. The lowest BCUT2D eigenvalue weighted by molar-refractivity contribution is -0.0343. The molecule has 0 spiro atoms. The van der Waals surface area contributed by atoms with Crippen LogP contribution in [0.4, 0.5) is 14.9 Å². The average Bonchev–Trinajstić information content (AvgIpc) is 3.32. The third-order valence-corrected chi connectivity index (χ3v) is 4.35. The van der Waals surface area contributed by atoms with Crippen molar-refractivity contribution in [2.45, 2.75) is 6.10 Å². The Morgan fingerprint density at radius 2 is 2.21 bits per heavy atom. The molecule has 2 aromatic heterocycles. The lowest BCUT2D eigenvalue weighted by atomic mass is 10.1. The Morgan fingerprint density at radius 1 is 1.34 bits per heavy atom. The van der Waals surface area contributed by atoms with E-state index in [0.717, 1.165) is 0 Å². The van der Waals surface area contributed by atoms with Crippen molar-refractivity contribution < 1.29 is 23.8 Å². The maximum atomic E-state index is 14.7. The van der Waals surface area contributed by atoms with Crippen molar-refractivity contribution in [3.8, 4) is 22.6 Å². The zero-order chi connectivity index (χ0) is 20.4. The molecule has 29 heavy (non-hydrogen) atoms. The molecule has 1 amide bonds. The first-order chi connectivity index (χ1) is 14.0. The van der Waals surface area contributed by atoms with Gasteiger partial charge in [0.2, 0.25) is 5.82 Å². The number of carbonyl (C=O) groups is 1. The molecule has 150 valence electrons. The van der Waals surface area contributed by atoms with Gasteiger partial charge in [0.15, 0.2) is 0 Å². The summed E-state index contributed by atoms with van der Waals surface area (Å²) in [4.78, 5) is 18.9. The molecule has 10 nitrogen and oxygen atoms in total. The molecule has 1 atom stereocenters. The van der Waals surface area contributed by atoms with Crippen molar-refractivity contribution in [1.82, 2.24) is 25.2 Å². The summed E-state index contributed by atoms with van der Waals surface area (Å²) in [6.45, 7) is -0.186. The van der Waals surface area contributed by atoms with Gasteiger partial charge in [-0.05, 0) is 29.5 Å². The third-order valence-electron chi connectivity index (χ3n) is 4.35. The maximum Gasteiger partial charge on any atom is 0.414 e. The van der Waals surface area contributed by atoms with Crippen LogP contribution >= 0.6 is 0 Å². The molecule has 11 heteroatoms. The number of aryl methyl sites for hydroxylation is 1. The number of aliphatic hydroxyl groups is 1. The number of rotatable bonds is 6. The Bertz CT molecular complexity index is 1030. The van der Waals surface area contributed by atoms with E-state index >= 15 is 0 Å². The number of halogens is 1. The highest BCUT2D eigenvalue weighted by Crippen LogP contribution is 2.29. The molecule has 1 aliphatic rings. The number of hydrogen-bond donors (Lipinski definition) is 1. The Balaban J connectivity index is 1.52. The van der Waals surface area contributed by atoms with Crippen LogP contribution in [-0.2, 0) is 16.5 Å². The Hall–Kier alpha value is -3.44. The van der Waals surface area contributed by atoms with Gasteiger partial charge in [-0.25, -0.2) is 9.18 Å². The van der Waals surface area contributed by atoms with Crippen molar-refractivity contribution in [2.24, 2.45) is 7.05 Å². The van der Waals surface area contributed by atoms with Gasteiger partial charge < -0.3 is 14.6 Å². The lowest BCUT2D eigenvalue weighted by Crippen LogP contribution is -2.26. The Kier molecular flexibility index (Phi) is 5.14. The van der Waals surface area contributed by atoms with E-state index < -0.39 is 24.8 Å². The maximum absolute atomic E-state index is 14.7. The highest BCUT2D eigenvalue weighted by atomic mass is 19.1. The van der Waals surface area contributed by atoms with Crippen molar-refractivity contribution in [2.75, 3.05) is 24.8 Å². The molecule has 1 aromatic carbocycles. The fraction of sp³-hybridized carbons (Fsp3) is 0.278. The summed E-state index contributed by atoms with van der Waals surface area (Å²) in [7, 11) is 1.65. The van der Waals surface area contributed by atoms with Crippen LogP contribution < -0.4 is 4.90 Å². The summed E-state index contributed by atoms with van der Waals surface area (Å²) in [5.74, 6) is -0.125. The molecule has 1 saturated heterocycles. The zero-order valence-corrected chi connectivity index (χ0v) is 15.4. The van der Waals surface area contributed by atoms with Gasteiger partial charge >= 0.3 is 6.09 Å². The second-order valence-corrected chi connectivity index (χ2v) is 6.32. The Morgan fingerprint density at radius 3 is 2.86 bits per heavy atom. The smallest absolute Gasteiger partial charge is 0.414 e. The molecule has 0 aliphatic carbocycles. The van der Waals surface area contributed by atoms with Gasteiger partial charge in [0.05, 0.1) is 25.9 Å². The molecule has 1 N–H and O–H groups in total. The standard InChI is InChI=1S/C18H17FN6O4/c1-24-22-17(21-23-24)16-5-2-11(7-20-16)14-4-3-12(6-15(14)19)25-8-13(9-28-10-26)29-18(25)27/h2-7,13,26H,8-10H2,1H3/t13-/m1/s1. The number of aliphatic hydroxyl groups excluding tert-OH is 1. The second kappa shape index (κ2) is 7.89. The molecule has 4 rings (SSSR count). The number of hydrogen-bond acceptors (Lipinski definition) is 8. The molecule has 1 fully saturated rings. The molecule has 3 heterocycles. The molecular weight excluding hydrogens is 383 g/mol. The number of nitrogens with zero attached hydrogens (tertiary/aromatic N) is 6. The monoisotopic (exact) mass is 400 g/mol. The number of benzene rings is 1.